The number of amides is 1. The average molecular weight is 261 g/mol. The fraction of sp³-hybridized carbons (Fsp3) is 0.889. The van der Waals surface area contributed by atoms with Gasteiger partial charge in [-0.05, 0) is 6.92 Å². The Morgan fingerprint density at radius 3 is 2.41 bits per heavy atom. The van der Waals surface area contributed by atoms with Gasteiger partial charge in [-0.2, -0.15) is 8.78 Å². The highest BCUT2D eigenvalue weighted by atomic mass is 19.3. The predicted octanol–water partition coefficient (Wildman–Crippen LogP) is 0.744. The third-order valence-electron chi connectivity index (χ3n) is 1.97. The first-order valence-corrected chi connectivity index (χ1v) is 5.01. The molecule has 0 aromatic carbocycles. The zero-order valence-electron chi connectivity index (χ0n) is 9.34. The van der Waals surface area contributed by atoms with Gasteiger partial charge in [-0.15, -0.1) is 0 Å². The lowest BCUT2D eigenvalue weighted by Crippen LogP contribution is -2.48. The summed E-state index contributed by atoms with van der Waals surface area (Å²) in [6, 6.07) is 0. The van der Waals surface area contributed by atoms with Crippen LogP contribution in [0.15, 0.2) is 0 Å². The molecule has 0 spiro atoms. The molecule has 0 aliphatic rings. The molecule has 1 N–H and O–H groups in total. The lowest BCUT2D eigenvalue weighted by Gasteiger charge is -2.25. The topological polar surface area (TPSA) is 49.8 Å². The first kappa shape index (κ1) is 16.1. The molecule has 0 unspecified atom stereocenters. The van der Waals surface area contributed by atoms with Crippen LogP contribution in [0.1, 0.15) is 6.92 Å². The van der Waals surface area contributed by atoms with Crippen LogP contribution in [0, 0.1) is 0 Å². The Hall–Kier alpha value is -0.890. The Bertz CT molecular complexity index is 238. The highest BCUT2D eigenvalue weighted by Crippen LogP contribution is 2.25. The summed E-state index contributed by atoms with van der Waals surface area (Å²) in [6.45, 7) is 0.705. The minimum atomic E-state index is -4.67. The van der Waals surface area contributed by atoms with Crippen molar-refractivity contribution in [3.63, 3.8) is 0 Å². The zero-order valence-corrected chi connectivity index (χ0v) is 9.34. The van der Waals surface area contributed by atoms with E-state index in [9.17, 15) is 22.4 Å². The van der Waals surface area contributed by atoms with Crippen molar-refractivity contribution in [3.8, 4) is 0 Å². The molecule has 8 heteroatoms. The number of nitrogens with zero attached hydrogens (tertiary/aromatic N) is 1. The van der Waals surface area contributed by atoms with Crippen LogP contribution < -0.4 is 0 Å². The number of ether oxygens (including phenoxy) is 1. The molecule has 0 bridgehead atoms. The van der Waals surface area contributed by atoms with Gasteiger partial charge < -0.3 is 14.7 Å². The fourth-order valence-electron chi connectivity index (χ4n) is 1.05. The van der Waals surface area contributed by atoms with Crippen LogP contribution in [0.25, 0.3) is 0 Å². The Morgan fingerprint density at radius 2 is 2.00 bits per heavy atom. The maximum atomic E-state index is 12.7. The normalized spacial score (nSPS) is 11.9. The second kappa shape index (κ2) is 7.44. The van der Waals surface area contributed by atoms with E-state index in [-0.39, 0.29) is 32.9 Å². The molecule has 0 heterocycles. The molecule has 0 radical (unpaired) electrons. The third kappa shape index (κ3) is 4.86. The summed E-state index contributed by atoms with van der Waals surface area (Å²) in [5.41, 5.74) is 0. The summed E-state index contributed by atoms with van der Waals surface area (Å²) in [7, 11) is 0. The smallest absolute Gasteiger partial charge is 0.383 e. The van der Waals surface area contributed by atoms with E-state index in [0.29, 0.717) is 4.90 Å². The Balaban J connectivity index is 4.30. The highest BCUT2D eigenvalue weighted by molar-refractivity contribution is 5.83. The summed E-state index contributed by atoms with van der Waals surface area (Å²) in [5, 5.41) is 8.38. The molecule has 0 aromatic heterocycles. The SMILES string of the molecule is CCN(CCOCCO)C(=O)C(F)(F)C(F)F. The second-order valence-corrected chi connectivity index (χ2v) is 3.14. The number of aliphatic hydroxyl groups is 1. The largest absolute Gasteiger partial charge is 0.394 e. The Labute approximate surface area is 96.2 Å². The van der Waals surface area contributed by atoms with Crippen LogP contribution in [0.3, 0.4) is 0 Å². The van der Waals surface area contributed by atoms with Crippen molar-refractivity contribution in [2.24, 2.45) is 0 Å². The monoisotopic (exact) mass is 261 g/mol. The van der Waals surface area contributed by atoms with Crippen LogP contribution >= 0.6 is 0 Å². The minimum Gasteiger partial charge on any atom is -0.394 e. The van der Waals surface area contributed by atoms with Crippen LogP contribution in [-0.2, 0) is 9.53 Å². The van der Waals surface area contributed by atoms with E-state index in [1.54, 1.807) is 0 Å². The first-order chi connectivity index (χ1) is 7.87. The second-order valence-electron chi connectivity index (χ2n) is 3.14. The molecule has 0 fully saturated rings. The standard InChI is InChI=1S/C9H15F4NO3/c1-2-14(3-5-17-6-4-15)8(16)9(12,13)7(10)11/h7,15H,2-6H2,1H3. The quantitative estimate of drug-likeness (QED) is 0.518. The van der Waals surface area contributed by atoms with Gasteiger partial charge in [0, 0.05) is 13.1 Å². The maximum Gasteiger partial charge on any atom is 0.383 e. The maximum absolute atomic E-state index is 12.7. The number of aliphatic hydroxyl groups excluding tert-OH is 1. The first-order valence-electron chi connectivity index (χ1n) is 5.01. The van der Waals surface area contributed by atoms with E-state index < -0.39 is 18.3 Å². The van der Waals surface area contributed by atoms with E-state index in [1.807, 2.05) is 0 Å². The number of carbonyl (C=O) groups is 1. The Morgan fingerprint density at radius 1 is 1.41 bits per heavy atom. The summed E-state index contributed by atoms with van der Waals surface area (Å²) < 4.78 is 54.1. The van der Waals surface area contributed by atoms with Crippen molar-refractivity contribution in [1.82, 2.24) is 4.90 Å². The van der Waals surface area contributed by atoms with Gasteiger partial charge in [0.1, 0.15) is 0 Å². The van der Waals surface area contributed by atoms with Gasteiger partial charge in [0.15, 0.2) is 0 Å². The highest BCUT2D eigenvalue weighted by Gasteiger charge is 2.50. The molecule has 4 nitrogen and oxygen atoms in total. The molecule has 0 saturated carbocycles. The number of carbonyl (C=O) groups excluding carboxylic acids is 1. The molecule has 0 aliphatic heterocycles. The van der Waals surface area contributed by atoms with Crippen molar-refractivity contribution < 1.29 is 32.2 Å². The van der Waals surface area contributed by atoms with Crippen molar-refractivity contribution in [2.45, 2.75) is 19.3 Å². The molecule has 0 atom stereocenters. The fourth-order valence-corrected chi connectivity index (χ4v) is 1.05. The summed E-state index contributed by atoms with van der Waals surface area (Å²) in [4.78, 5) is 11.7. The van der Waals surface area contributed by atoms with Crippen LogP contribution in [0.4, 0.5) is 17.6 Å². The van der Waals surface area contributed by atoms with E-state index in [0.717, 1.165) is 0 Å². The summed E-state index contributed by atoms with van der Waals surface area (Å²) in [6.07, 6.45) is -4.03. The van der Waals surface area contributed by atoms with Gasteiger partial charge >= 0.3 is 12.3 Å². The van der Waals surface area contributed by atoms with Gasteiger partial charge in [-0.1, -0.05) is 0 Å². The molecular formula is C9H15F4NO3. The van der Waals surface area contributed by atoms with Crippen molar-refractivity contribution in [2.75, 3.05) is 32.9 Å². The molecular weight excluding hydrogens is 246 g/mol. The van der Waals surface area contributed by atoms with Gasteiger partial charge in [-0.25, -0.2) is 8.78 Å². The van der Waals surface area contributed by atoms with Gasteiger partial charge in [-0.3, -0.25) is 4.79 Å². The molecule has 0 saturated heterocycles. The molecule has 1 amide bonds. The van der Waals surface area contributed by atoms with Gasteiger partial charge in [0.05, 0.1) is 19.8 Å². The minimum absolute atomic E-state index is 0.00299. The van der Waals surface area contributed by atoms with E-state index in [1.165, 1.54) is 6.92 Å². The van der Waals surface area contributed by atoms with Gasteiger partial charge in [0.25, 0.3) is 5.91 Å². The Kier molecular flexibility index (Phi) is 7.05. The predicted molar refractivity (Wildman–Crippen MR) is 51.1 cm³/mol. The average Bonchev–Trinajstić information content (AvgIpc) is 2.28. The van der Waals surface area contributed by atoms with Crippen molar-refractivity contribution in [3.05, 3.63) is 0 Å². The molecule has 0 aromatic rings. The van der Waals surface area contributed by atoms with Crippen molar-refractivity contribution in [1.29, 1.82) is 0 Å². The summed E-state index contributed by atoms with van der Waals surface area (Å²) in [5.74, 6) is -6.59. The number of hydrogen-bond donors (Lipinski definition) is 1. The lowest BCUT2D eigenvalue weighted by molar-refractivity contribution is -0.181. The number of likely N-dealkylation sites (N-methyl/N-ethyl adjacent to an activating group) is 1. The van der Waals surface area contributed by atoms with Crippen LogP contribution in [0.5, 0.6) is 0 Å². The molecule has 0 aliphatic carbocycles. The van der Waals surface area contributed by atoms with Crippen molar-refractivity contribution >= 4 is 5.91 Å². The zero-order chi connectivity index (χ0) is 13.5. The lowest BCUT2D eigenvalue weighted by atomic mass is 10.3. The van der Waals surface area contributed by atoms with Crippen LogP contribution in [0.2, 0.25) is 0 Å². The number of rotatable bonds is 8. The van der Waals surface area contributed by atoms with E-state index in [4.69, 9.17) is 9.84 Å². The summed E-state index contributed by atoms with van der Waals surface area (Å²) >= 11 is 0. The molecule has 0 rings (SSSR count). The number of halogens is 4. The molecule has 102 valence electrons. The van der Waals surface area contributed by atoms with E-state index in [2.05, 4.69) is 0 Å². The van der Waals surface area contributed by atoms with E-state index >= 15 is 0 Å². The third-order valence-corrected chi connectivity index (χ3v) is 1.97. The van der Waals surface area contributed by atoms with Gasteiger partial charge in [0.2, 0.25) is 0 Å². The number of hydrogen-bond acceptors (Lipinski definition) is 3. The number of alkyl halides is 4. The van der Waals surface area contributed by atoms with Crippen LogP contribution in [-0.4, -0.2) is 61.2 Å². The molecule has 17 heavy (non-hydrogen) atoms.